The molecule has 2 aromatic heterocycles. The van der Waals surface area contributed by atoms with E-state index >= 15 is 0 Å². The number of pyridine rings is 1. The van der Waals surface area contributed by atoms with Gasteiger partial charge in [-0.1, -0.05) is 40.9 Å². The highest BCUT2D eigenvalue weighted by Crippen LogP contribution is 2.37. The van der Waals surface area contributed by atoms with Crippen LogP contribution < -0.4 is 0 Å². The van der Waals surface area contributed by atoms with Crippen molar-refractivity contribution in [1.82, 2.24) is 25.2 Å². The van der Waals surface area contributed by atoms with E-state index in [1.807, 2.05) is 12.1 Å². The van der Waals surface area contributed by atoms with Crippen LogP contribution in [0.1, 0.15) is 5.56 Å². The van der Waals surface area contributed by atoms with Gasteiger partial charge in [0, 0.05) is 18.0 Å². The molecule has 0 fully saturated rings. The number of tetrazole rings is 1. The Morgan fingerprint density at radius 3 is 2.67 bits per heavy atom. The second-order valence-corrected chi connectivity index (χ2v) is 5.41. The Balaban J connectivity index is 2.02. The number of halogens is 3. The van der Waals surface area contributed by atoms with Gasteiger partial charge in [-0.3, -0.25) is 4.98 Å². The van der Waals surface area contributed by atoms with Gasteiger partial charge in [0.2, 0.25) is 0 Å². The first-order valence-electron chi connectivity index (χ1n) is 5.96. The molecule has 21 heavy (non-hydrogen) atoms. The van der Waals surface area contributed by atoms with Gasteiger partial charge in [-0.15, -0.1) is 5.10 Å². The van der Waals surface area contributed by atoms with Crippen LogP contribution in [-0.4, -0.2) is 25.2 Å². The normalized spacial score (nSPS) is 10.8. The summed E-state index contributed by atoms with van der Waals surface area (Å²) in [5.74, 6) is 0.516. The molecule has 0 saturated carbocycles. The van der Waals surface area contributed by atoms with E-state index in [-0.39, 0.29) is 5.02 Å². The lowest BCUT2D eigenvalue weighted by Crippen LogP contribution is -2.05. The maximum absolute atomic E-state index is 6.23. The molecule has 0 radical (unpaired) electrons. The van der Waals surface area contributed by atoms with Gasteiger partial charge in [-0.05, 0) is 34.2 Å². The minimum Gasteiger partial charge on any atom is -0.264 e. The van der Waals surface area contributed by atoms with Crippen molar-refractivity contribution >= 4 is 34.8 Å². The lowest BCUT2D eigenvalue weighted by atomic mass is 10.2. The SMILES string of the molecule is Clc1ccc(-c2nnnn2Cc2cccnc2)c(Cl)c1Cl. The van der Waals surface area contributed by atoms with Crippen molar-refractivity contribution in [2.24, 2.45) is 0 Å². The van der Waals surface area contributed by atoms with Crippen LogP contribution in [0.4, 0.5) is 0 Å². The summed E-state index contributed by atoms with van der Waals surface area (Å²) >= 11 is 18.2. The molecule has 0 amide bonds. The molecule has 3 aromatic rings. The monoisotopic (exact) mass is 339 g/mol. The highest BCUT2D eigenvalue weighted by molar-refractivity contribution is 6.49. The molecule has 0 atom stereocenters. The van der Waals surface area contributed by atoms with Gasteiger partial charge < -0.3 is 0 Å². The first-order valence-corrected chi connectivity index (χ1v) is 7.09. The summed E-state index contributed by atoms with van der Waals surface area (Å²) in [5.41, 5.74) is 1.60. The van der Waals surface area contributed by atoms with Gasteiger partial charge in [0.05, 0.1) is 21.6 Å². The molecule has 2 heterocycles. The Morgan fingerprint density at radius 2 is 1.90 bits per heavy atom. The van der Waals surface area contributed by atoms with E-state index in [4.69, 9.17) is 34.8 Å². The highest BCUT2D eigenvalue weighted by atomic mass is 35.5. The number of hydrogen-bond acceptors (Lipinski definition) is 4. The lowest BCUT2D eigenvalue weighted by Gasteiger charge is -2.08. The fraction of sp³-hybridized carbons (Fsp3) is 0.0769. The van der Waals surface area contributed by atoms with E-state index in [9.17, 15) is 0 Å². The minimum atomic E-state index is 0.284. The van der Waals surface area contributed by atoms with E-state index in [1.54, 1.807) is 29.2 Å². The number of aromatic nitrogens is 5. The second-order valence-electron chi connectivity index (χ2n) is 4.24. The lowest BCUT2D eigenvalue weighted by molar-refractivity contribution is 0.652. The zero-order chi connectivity index (χ0) is 14.8. The first kappa shape index (κ1) is 14.3. The van der Waals surface area contributed by atoms with Crippen molar-refractivity contribution in [3.8, 4) is 11.4 Å². The zero-order valence-corrected chi connectivity index (χ0v) is 12.8. The Labute approximate surface area is 135 Å². The third-order valence-corrected chi connectivity index (χ3v) is 4.16. The maximum Gasteiger partial charge on any atom is 0.183 e. The van der Waals surface area contributed by atoms with Crippen LogP contribution in [0.25, 0.3) is 11.4 Å². The quantitative estimate of drug-likeness (QED) is 0.681. The van der Waals surface area contributed by atoms with Gasteiger partial charge >= 0.3 is 0 Å². The summed E-state index contributed by atoms with van der Waals surface area (Å²) in [4.78, 5) is 4.06. The molecule has 0 spiro atoms. The predicted octanol–water partition coefficient (Wildman–Crippen LogP) is 3.74. The fourth-order valence-corrected chi connectivity index (χ4v) is 2.49. The average Bonchev–Trinajstić information content (AvgIpc) is 2.94. The number of nitrogens with zero attached hydrogens (tertiary/aromatic N) is 5. The molecular formula is C13H8Cl3N5. The largest absolute Gasteiger partial charge is 0.264 e. The summed E-state index contributed by atoms with van der Waals surface area (Å²) in [6.07, 6.45) is 3.46. The number of rotatable bonds is 3. The molecule has 1 aromatic carbocycles. The van der Waals surface area contributed by atoms with Crippen LogP contribution in [0.3, 0.4) is 0 Å². The molecular weight excluding hydrogens is 333 g/mol. The maximum atomic E-state index is 6.23. The highest BCUT2D eigenvalue weighted by Gasteiger charge is 2.16. The van der Waals surface area contributed by atoms with E-state index in [0.29, 0.717) is 28.0 Å². The number of benzene rings is 1. The average molecular weight is 341 g/mol. The Bertz CT molecular complexity index is 773. The topological polar surface area (TPSA) is 56.5 Å². The third kappa shape index (κ3) is 2.85. The molecule has 106 valence electrons. The first-order chi connectivity index (χ1) is 10.2. The molecule has 5 nitrogen and oxygen atoms in total. The fourth-order valence-electron chi connectivity index (χ4n) is 1.87. The minimum absolute atomic E-state index is 0.284. The van der Waals surface area contributed by atoms with Crippen molar-refractivity contribution in [3.05, 3.63) is 57.3 Å². The Kier molecular flexibility index (Phi) is 4.05. The van der Waals surface area contributed by atoms with E-state index in [2.05, 4.69) is 20.5 Å². The summed E-state index contributed by atoms with van der Waals surface area (Å²) in [6.45, 7) is 0.479. The Morgan fingerprint density at radius 1 is 1.05 bits per heavy atom. The van der Waals surface area contributed by atoms with Crippen molar-refractivity contribution in [3.63, 3.8) is 0 Å². The molecule has 0 aliphatic heterocycles. The number of hydrogen-bond donors (Lipinski definition) is 0. The molecule has 0 unspecified atom stereocenters. The standard InChI is InChI=1S/C13H8Cl3N5/c14-10-4-3-9(11(15)12(10)16)13-18-19-20-21(13)7-8-2-1-5-17-6-8/h1-6H,7H2. The third-order valence-electron chi connectivity index (χ3n) is 2.86. The molecule has 8 heteroatoms. The molecule has 0 bridgehead atoms. The summed E-state index contributed by atoms with van der Waals surface area (Å²) in [7, 11) is 0. The molecule has 0 aliphatic rings. The summed E-state index contributed by atoms with van der Waals surface area (Å²) < 4.78 is 1.63. The van der Waals surface area contributed by atoms with Gasteiger partial charge in [-0.25, -0.2) is 4.68 Å². The Hall–Kier alpha value is -1.69. The molecule has 3 rings (SSSR count). The zero-order valence-electron chi connectivity index (χ0n) is 10.5. The van der Waals surface area contributed by atoms with Crippen LogP contribution in [-0.2, 0) is 6.54 Å². The second kappa shape index (κ2) is 5.97. The van der Waals surface area contributed by atoms with Gasteiger partial charge in [0.1, 0.15) is 0 Å². The van der Waals surface area contributed by atoms with Crippen molar-refractivity contribution in [2.75, 3.05) is 0 Å². The van der Waals surface area contributed by atoms with Crippen LogP contribution in [0.15, 0.2) is 36.7 Å². The molecule has 0 saturated heterocycles. The van der Waals surface area contributed by atoms with Crippen molar-refractivity contribution < 1.29 is 0 Å². The summed E-state index contributed by atoms with van der Waals surface area (Å²) in [5, 5.41) is 12.7. The van der Waals surface area contributed by atoms with Crippen LogP contribution in [0.2, 0.25) is 15.1 Å². The van der Waals surface area contributed by atoms with Crippen molar-refractivity contribution in [2.45, 2.75) is 6.54 Å². The smallest absolute Gasteiger partial charge is 0.183 e. The van der Waals surface area contributed by atoms with Crippen LogP contribution >= 0.6 is 34.8 Å². The van der Waals surface area contributed by atoms with Crippen LogP contribution in [0, 0.1) is 0 Å². The van der Waals surface area contributed by atoms with Gasteiger partial charge in [0.25, 0.3) is 0 Å². The van der Waals surface area contributed by atoms with Gasteiger partial charge in [0.15, 0.2) is 5.82 Å². The summed E-state index contributed by atoms with van der Waals surface area (Å²) in [6, 6.07) is 7.19. The molecule has 0 aliphatic carbocycles. The predicted molar refractivity (Wildman–Crippen MR) is 81.6 cm³/mol. The van der Waals surface area contributed by atoms with Crippen LogP contribution in [0.5, 0.6) is 0 Å². The van der Waals surface area contributed by atoms with E-state index in [0.717, 1.165) is 5.56 Å². The van der Waals surface area contributed by atoms with Crippen molar-refractivity contribution in [1.29, 1.82) is 0 Å². The molecule has 0 N–H and O–H groups in total. The van der Waals surface area contributed by atoms with Gasteiger partial charge in [-0.2, -0.15) is 0 Å². The van der Waals surface area contributed by atoms with E-state index in [1.165, 1.54) is 0 Å². The van der Waals surface area contributed by atoms with E-state index < -0.39 is 0 Å².